The van der Waals surface area contributed by atoms with E-state index in [4.69, 9.17) is 9.47 Å². The van der Waals surface area contributed by atoms with Crippen molar-refractivity contribution in [3.05, 3.63) is 41.5 Å². The maximum absolute atomic E-state index is 12.3. The zero-order chi connectivity index (χ0) is 14.6. The number of carbonyl (C=O) groups excluding carboxylic acids is 1. The molecule has 1 aromatic carbocycles. The Hall–Kier alpha value is -2.54. The van der Waals surface area contributed by atoms with Crippen molar-refractivity contribution in [2.24, 2.45) is 5.92 Å². The molecule has 4 heteroatoms. The van der Waals surface area contributed by atoms with Crippen LogP contribution in [0.15, 0.2) is 30.4 Å². The van der Waals surface area contributed by atoms with E-state index < -0.39 is 11.5 Å². The average molecular weight is 279 g/mol. The highest BCUT2D eigenvalue weighted by Crippen LogP contribution is 2.58. The first-order valence-corrected chi connectivity index (χ1v) is 6.87. The van der Waals surface area contributed by atoms with E-state index in [-0.39, 0.29) is 18.1 Å². The predicted octanol–water partition coefficient (Wildman–Crippen LogP) is 2.39. The van der Waals surface area contributed by atoms with Crippen molar-refractivity contribution in [3.8, 4) is 17.6 Å². The summed E-state index contributed by atoms with van der Waals surface area (Å²) in [6.45, 7) is 0. The van der Waals surface area contributed by atoms with Crippen molar-refractivity contribution in [1.82, 2.24) is 0 Å². The molecule has 0 spiro atoms. The molecule has 4 nitrogen and oxygen atoms in total. The fraction of sp³-hybridized carbons (Fsp3) is 0.294. The van der Waals surface area contributed by atoms with E-state index in [9.17, 15) is 10.1 Å². The lowest BCUT2D eigenvalue weighted by Gasteiger charge is -2.40. The third kappa shape index (κ3) is 1.31. The molecule has 3 aliphatic rings. The second kappa shape index (κ2) is 3.98. The van der Waals surface area contributed by atoms with Crippen LogP contribution in [0, 0.1) is 17.2 Å². The van der Waals surface area contributed by atoms with Crippen LogP contribution in [0.4, 0.5) is 0 Å². The van der Waals surface area contributed by atoms with Crippen LogP contribution in [0.25, 0.3) is 6.08 Å². The van der Waals surface area contributed by atoms with E-state index >= 15 is 0 Å². The summed E-state index contributed by atoms with van der Waals surface area (Å²) in [7, 11) is 1.58. The zero-order valence-electron chi connectivity index (χ0n) is 11.5. The molecule has 4 rings (SSSR count). The minimum Gasteiger partial charge on any atom is -0.493 e. The van der Waals surface area contributed by atoms with Crippen LogP contribution in [0.3, 0.4) is 0 Å². The quantitative estimate of drug-likeness (QED) is 0.834. The van der Waals surface area contributed by atoms with E-state index in [1.54, 1.807) is 13.2 Å². The Morgan fingerprint density at radius 1 is 1.38 bits per heavy atom. The van der Waals surface area contributed by atoms with Gasteiger partial charge in [-0.3, -0.25) is 4.79 Å². The van der Waals surface area contributed by atoms with Gasteiger partial charge in [-0.15, -0.1) is 0 Å². The molecule has 0 saturated heterocycles. The molecule has 0 aromatic heterocycles. The number of methoxy groups -OCH3 is 1. The van der Waals surface area contributed by atoms with Crippen molar-refractivity contribution < 1.29 is 14.3 Å². The molecule has 3 atom stereocenters. The summed E-state index contributed by atoms with van der Waals surface area (Å²) in [5.74, 6) is 1.14. The first kappa shape index (κ1) is 12.2. The lowest BCUT2D eigenvalue weighted by molar-refractivity contribution is -0.124. The Morgan fingerprint density at radius 3 is 2.95 bits per heavy atom. The number of carbonyl (C=O) groups is 1. The topological polar surface area (TPSA) is 59.3 Å². The van der Waals surface area contributed by atoms with Crippen molar-refractivity contribution in [1.29, 1.82) is 5.26 Å². The van der Waals surface area contributed by atoms with Gasteiger partial charge < -0.3 is 9.47 Å². The number of nitrogens with zero attached hydrogens (tertiary/aromatic N) is 1. The number of ether oxygens (including phenoxy) is 2. The largest absolute Gasteiger partial charge is 0.493 e. The molecule has 0 fully saturated rings. The van der Waals surface area contributed by atoms with Crippen LogP contribution in [0.1, 0.15) is 17.5 Å². The van der Waals surface area contributed by atoms with Crippen LogP contribution in [0.5, 0.6) is 11.5 Å². The summed E-state index contributed by atoms with van der Waals surface area (Å²) >= 11 is 0. The van der Waals surface area contributed by atoms with Crippen LogP contribution in [0.2, 0.25) is 0 Å². The molecule has 1 aliphatic heterocycles. The highest BCUT2D eigenvalue weighted by molar-refractivity contribution is 5.98. The third-order valence-electron chi connectivity index (χ3n) is 4.72. The molecule has 21 heavy (non-hydrogen) atoms. The predicted molar refractivity (Wildman–Crippen MR) is 76.0 cm³/mol. The minimum absolute atomic E-state index is 0.000654. The second-order valence-electron chi connectivity index (χ2n) is 5.58. The van der Waals surface area contributed by atoms with Crippen molar-refractivity contribution >= 4 is 11.9 Å². The fourth-order valence-corrected chi connectivity index (χ4v) is 3.81. The van der Waals surface area contributed by atoms with Crippen LogP contribution >= 0.6 is 0 Å². The van der Waals surface area contributed by atoms with E-state index in [1.165, 1.54) is 0 Å². The number of hydrogen-bond donors (Lipinski definition) is 0. The van der Waals surface area contributed by atoms with Crippen LogP contribution in [-0.4, -0.2) is 19.0 Å². The molecule has 104 valence electrons. The lowest BCUT2D eigenvalue weighted by atomic mass is 9.59. The zero-order valence-corrected chi connectivity index (χ0v) is 11.5. The van der Waals surface area contributed by atoms with Gasteiger partial charge in [0.2, 0.25) is 0 Å². The standard InChI is InChI=1S/C17H13NO3/c1-20-13-7-3-10-2-4-11-5-6-12(19)16-17(11,8-9-18)14(10)15(13)21-16/h2-7,11,16H,8H2,1H3/t11-,16+,17+/m1/s1. The maximum Gasteiger partial charge on any atom is 0.196 e. The Kier molecular flexibility index (Phi) is 2.32. The van der Waals surface area contributed by atoms with Crippen LogP contribution in [-0.2, 0) is 10.2 Å². The number of nitriles is 1. The molecule has 0 saturated carbocycles. The molecule has 0 bridgehead atoms. The molecule has 1 heterocycles. The third-order valence-corrected chi connectivity index (χ3v) is 4.72. The van der Waals surface area contributed by atoms with Gasteiger partial charge in [0.15, 0.2) is 23.4 Å². The monoisotopic (exact) mass is 279 g/mol. The summed E-state index contributed by atoms with van der Waals surface area (Å²) in [4.78, 5) is 12.3. The number of ketones is 1. The molecular formula is C17H13NO3. The average Bonchev–Trinajstić information content (AvgIpc) is 2.85. The van der Waals surface area contributed by atoms with Crippen molar-refractivity contribution in [3.63, 3.8) is 0 Å². The molecular weight excluding hydrogens is 266 g/mol. The summed E-state index contributed by atoms with van der Waals surface area (Å²) in [5, 5.41) is 9.34. The van der Waals surface area contributed by atoms with Crippen molar-refractivity contribution in [2.45, 2.75) is 17.9 Å². The van der Waals surface area contributed by atoms with Crippen molar-refractivity contribution in [2.75, 3.05) is 7.11 Å². The van der Waals surface area contributed by atoms with Gasteiger partial charge in [-0.25, -0.2) is 0 Å². The number of rotatable bonds is 2. The molecule has 1 aromatic rings. The SMILES string of the molecule is COc1ccc2c3c1O[C@H]1C(=O)C=C[C@@H](C=C2)[C@@]31CC#N. The van der Waals surface area contributed by atoms with Gasteiger partial charge in [0.25, 0.3) is 0 Å². The van der Waals surface area contributed by atoms with Gasteiger partial charge in [-0.2, -0.15) is 5.26 Å². The van der Waals surface area contributed by atoms with E-state index in [1.807, 2.05) is 24.3 Å². The maximum atomic E-state index is 12.3. The fourth-order valence-electron chi connectivity index (χ4n) is 3.81. The smallest absolute Gasteiger partial charge is 0.196 e. The van der Waals surface area contributed by atoms with E-state index in [2.05, 4.69) is 12.1 Å². The Morgan fingerprint density at radius 2 is 2.19 bits per heavy atom. The molecule has 0 N–H and O–H groups in total. The van der Waals surface area contributed by atoms with Crippen LogP contribution < -0.4 is 9.47 Å². The number of allylic oxidation sites excluding steroid dienone is 2. The van der Waals surface area contributed by atoms with Gasteiger partial charge >= 0.3 is 0 Å². The Balaban J connectivity index is 2.07. The Labute approximate surface area is 122 Å². The number of benzene rings is 1. The van der Waals surface area contributed by atoms with E-state index in [0.29, 0.717) is 11.5 Å². The highest BCUT2D eigenvalue weighted by atomic mass is 16.5. The molecule has 0 amide bonds. The van der Waals surface area contributed by atoms with Gasteiger partial charge in [0.05, 0.1) is 18.6 Å². The van der Waals surface area contributed by atoms with Gasteiger partial charge in [0.1, 0.15) is 0 Å². The summed E-state index contributed by atoms with van der Waals surface area (Å²) < 4.78 is 11.3. The second-order valence-corrected chi connectivity index (χ2v) is 5.58. The number of hydrogen-bond acceptors (Lipinski definition) is 4. The first-order chi connectivity index (χ1) is 10.2. The normalized spacial score (nSPS) is 30.6. The van der Waals surface area contributed by atoms with Gasteiger partial charge in [-0.05, 0) is 17.7 Å². The minimum atomic E-state index is -0.637. The Bertz CT molecular complexity index is 756. The van der Waals surface area contributed by atoms with Gasteiger partial charge in [-0.1, -0.05) is 24.3 Å². The molecule has 2 aliphatic carbocycles. The lowest BCUT2D eigenvalue weighted by Crippen LogP contribution is -2.50. The summed E-state index contributed by atoms with van der Waals surface area (Å²) in [6.07, 6.45) is 7.15. The summed E-state index contributed by atoms with van der Waals surface area (Å²) in [6, 6.07) is 6.05. The first-order valence-electron chi connectivity index (χ1n) is 6.87. The van der Waals surface area contributed by atoms with Gasteiger partial charge in [0, 0.05) is 17.9 Å². The molecule has 0 unspecified atom stereocenters. The van der Waals surface area contributed by atoms with E-state index in [0.717, 1.165) is 11.1 Å². The molecule has 0 radical (unpaired) electrons. The summed E-state index contributed by atoms with van der Waals surface area (Å²) in [5.41, 5.74) is 1.33. The highest BCUT2D eigenvalue weighted by Gasteiger charge is 2.59.